The van der Waals surface area contributed by atoms with Crippen molar-refractivity contribution in [1.82, 2.24) is 15.5 Å². The third-order valence-corrected chi connectivity index (χ3v) is 8.21. The van der Waals surface area contributed by atoms with Gasteiger partial charge in [-0.15, -0.1) is 12.3 Å². The molecule has 0 spiro atoms. The van der Waals surface area contributed by atoms with E-state index >= 15 is 0 Å². The van der Waals surface area contributed by atoms with Crippen molar-refractivity contribution < 1.29 is 24.2 Å². The van der Waals surface area contributed by atoms with E-state index in [0.29, 0.717) is 25.9 Å². The molecule has 3 aromatic carbocycles. The van der Waals surface area contributed by atoms with Gasteiger partial charge in [-0.2, -0.15) is 0 Å². The molecule has 1 unspecified atom stereocenters. The number of terminal acetylenes is 1. The molecular formula is C34H35N3O5. The highest BCUT2D eigenvalue weighted by Crippen LogP contribution is 2.44. The number of aliphatic carboxylic acids is 1. The quantitative estimate of drug-likeness (QED) is 0.312. The van der Waals surface area contributed by atoms with Crippen molar-refractivity contribution in [1.29, 1.82) is 0 Å². The Morgan fingerprint density at radius 2 is 1.55 bits per heavy atom. The lowest BCUT2D eigenvalue weighted by Gasteiger charge is -2.42. The molecule has 8 heteroatoms. The molecule has 0 bridgehead atoms. The first kappa shape index (κ1) is 28.9. The molecule has 0 saturated carbocycles. The number of likely N-dealkylation sites (tertiary alicyclic amines) is 1. The van der Waals surface area contributed by atoms with E-state index < -0.39 is 29.6 Å². The van der Waals surface area contributed by atoms with Gasteiger partial charge in [0.05, 0.1) is 12.0 Å². The number of fused-ring (bicyclic) bond motifs is 3. The third-order valence-electron chi connectivity index (χ3n) is 8.21. The van der Waals surface area contributed by atoms with Crippen LogP contribution in [0.2, 0.25) is 0 Å². The van der Waals surface area contributed by atoms with Gasteiger partial charge in [0.15, 0.2) is 0 Å². The van der Waals surface area contributed by atoms with Gasteiger partial charge >= 0.3 is 12.1 Å². The minimum absolute atomic E-state index is 0.0562. The number of hydrogen-bond donors (Lipinski definition) is 3. The summed E-state index contributed by atoms with van der Waals surface area (Å²) in [5, 5.41) is 15.2. The van der Waals surface area contributed by atoms with E-state index in [0.717, 1.165) is 28.8 Å². The number of amides is 2. The zero-order valence-corrected chi connectivity index (χ0v) is 23.4. The second kappa shape index (κ2) is 12.9. The third kappa shape index (κ3) is 6.64. The Balaban J connectivity index is 1.20. The Labute approximate surface area is 246 Å². The molecule has 2 aliphatic rings. The van der Waals surface area contributed by atoms with Gasteiger partial charge in [0, 0.05) is 32.0 Å². The van der Waals surface area contributed by atoms with Crippen LogP contribution < -0.4 is 10.6 Å². The summed E-state index contributed by atoms with van der Waals surface area (Å²) >= 11 is 0. The van der Waals surface area contributed by atoms with E-state index in [1.165, 1.54) is 5.56 Å². The van der Waals surface area contributed by atoms with Gasteiger partial charge in [-0.1, -0.05) is 78.9 Å². The van der Waals surface area contributed by atoms with Crippen molar-refractivity contribution in [2.24, 2.45) is 0 Å². The van der Waals surface area contributed by atoms with Crippen molar-refractivity contribution in [3.05, 3.63) is 95.6 Å². The van der Waals surface area contributed by atoms with E-state index in [-0.39, 0.29) is 25.4 Å². The normalized spacial score (nSPS) is 16.4. The monoisotopic (exact) mass is 565 g/mol. The van der Waals surface area contributed by atoms with Crippen LogP contribution in [0.5, 0.6) is 0 Å². The summed E-state index contributed by atoms with van der Waals surface area (Å²) in [4.78, 5) is 40.3. The number of benzene rings is 3. The maximum absolute atomic E-state index is 13.4. The average molecular weight is 566 g/mol. The predicted octanol–water partition coefficient (Wildman–Crippen LogP) is 4.54. The number of carboxylic acid groups (broad SMARTS) is 1. The number of carbonyl (C=O) groups excluding carboxylic acids is 2. The van der Waals surface area contributed by atoms with Gasteiger partial charge in [0.25, 0.3) is 0 Å². The zero-order chi connectivity index (χ0) is 29.5. The molecule has 1 saturated heterocycles. The highest BCUT2D eigenvalue weighted by molar-refractivity contribution is 5.87. The molecule has 42 heavy (non-hydrogen) atoms. The SMILES string of the molecule is C#CCC(NC(=O)OCC1c2ccccc2-c2ccccc21)C(=O)NC1(CC(=O)O)CCN(Cc2ccccc2)CC1. The van der Waals surface area contributed by atoms with Crippen LogP contribution in [0, 0.1) is 12.3 Å². The highest BCUT2D eigenvalue weighted by atomic mass is 16.5. The molecule has 0 radical (unpaired) electrons. The van der Waals surface area contributed by atoms with E-state index in [2.05, 4.69) is 45.7 Å². The highest BCUT2D eigenvalue weighted by Gasteiger charge is 2.39. The number of hydrogen-bond acceptors (Lipinski definition) is 5. The fourth-order valence-electron chi connectivity index (χ4n) is 6.07. The van der Waals surface area contributed by atoms with Crippen LogP contribution in [-0.2, 0) is 20.9 Å². The molecular weight excluding hydrogens is 530 g/mol. The van der Waals surface area contributed by atoms with Crippen LogP contribution >= 0.6 is 0 Å². The average Bonchev–Trinajstić information content (AvgIpc) is 3.31. The van der Waals surface area contributed by atoms with E-state index in [1.807, 2.05) is 54.6 Å². The van der Waals surface area contributed by atoms with Gasteiger partial charge < -0.3 is 20.5 Å². The number of nitrogens with one attached hydrogen (secondary N) is 2. The second-order valence-corrected chi connectivity index (χ2v) is 11.0. The van der Waals surface area contributed by atoms with Crippen molar-refractivity contribution in [3.63, 3.8) is 0 Å². The van der Waals surface area contributed by atoms with Crippen molar-refractivity contribution in [2.75, 3.05) is 19.7 Å². The second-order valence-electron chi connectivity index (χ2n) is 11.0. The van der Waals surface area contributed by atoms with E-state index in [9.17, 15) is 19.5 Å². The number of carbonyl (C=O) groups is 3. The molecule has 5 rings (SSSR count). The number of alkyl carbamates (subject to hydrolysis) is 1. The van der Waals surface area contributed by atoms with E-state index in [1.54, 1.807) is 0 Å². The number of piperidine rings is 1. The Bertz CT molecular complexity index is 1430. The Hall–Kier alpha value is -4.61. The number of ether oxygens (including phenoxy) is 1. The molecule has 3 N–H and O–H groups in total. The topological polar surface area (TPSA) is 108 Å². The van der Waals surface area contributed by atoms with Gasteiger partial charge in [-0.05, 0) is 40.7 Å². The molecule has 2 amide bonds. The van der Waals surface area contributed by atoms with Crippen LogP contribution in [0.15, 0.2) is 78.9 Å². The Morgan fingerprint density at radius 1 is 0.952 bits per heavy atom. The lowest BCUT2D eigenvalue weighted by Crippen LogP contribution is -2.60. The smallest absolute Gasteiger partial charge is 0.407 e. The fourth-order valence-corrected chi connectivity index (χ4v) is 6.07. The number of rotatable bonds is 10. The first-order chi connectivity index (χ1) is 20.4. The molecule has 1 heterocycles. The summed E-state index contributed by atoms with van der Waals surface area (Å²) < 4.78 is 5.62. The molecule has 1 aliphatic carbocycles. The summed E-state index contributed by atoms with van der Waals surface area (Å²) in [5.74, 6) is 0.814. The largest absolute Gasteiger partial charge is 0.481 e. The van der Waals surface area contributed by atoms with Crippen LogP contribution in [0.25, 0.3) is 11.1 Å². The van der Waals surface area contributed by atoms with Crippen LogP contribution in [-0.4, -0.2) is 59.3 Å². The predicted molar refractivity (Wildman–Crippen MR) is 160 cm³/mol. The summed E-state index contributed by atoms with van der Waals surface area (Å²) in [6, 6.07) is 25.1. The van der Waals surface area contributed by atoms with Gasteiger partial charge in [0.1, 0.15) is 12.6 Å². The first-order valence-corrected chi connectivity index (χ1v) is 14.2. The van der Waals surface area contributed by atoms with Crippen molar-refractivity contribution in [2.45, 2.75) is 49.7 Å². The molecule has 8 nitrogen and oxygen atoms in total. The van der Waals surface area contributed by atoms with Gasteiger partial charge in [-0.3, -0.25) is 14.5 Å². The first-order valence-electron chi connectivity index (χ1n) is 14.2. The summed E-state index contributed by atoms with van der Waals surface area (Å²) in [6.07, 6.45) is 5.44. The zero-order valence-electron chi connectivity index (χ0n) is 23.4. The van der Waals surface area contributed by atoms with Crippen LogP contribution in [0.1, 0.15) is 48.3 Å². The lowest BCUT2D eigenvalue weighted by atomic mass is 9.83. The minimum Gasteiger partial charge on any atom is -0.481 e. The van der Waals surface area contributed by atoms with E-state index in [4.69, 9.17) is 11.2 Å². The minimum atomic E-state index is -1.06. The van der Waals surface area contributed by atoms with Gasteiger partial charge in [0.2, 0.25) is 5.91 Å². The summed E-state index contributed by atoms with van der Waals surface area (Å²) in [6.45, 7) is 2.11. The summed E-state index contributed by atoms with van der Waals surface area (Å²) in [7, 11) is 0. The lowest BCUT2D eigenvalue weighted by molar-refractivity contribution is -0.140. The molecule has 1 fully saturated rings. The summed E-state index contributed by atoms with van der Waals surface area (Å²) in [5.41, 5.74) is 4.63. The molecule has 1 aliphatic heterocycles. The standard InChI is InChI=1S/C34H35N3O5/c1-2-10-30(35-33(41)42-23-29-27-15-8-6-13-25(27)26-14-7-9-16-28(26)29)32(40)36-34(21-31(38)39)17-19-37(20-18-34)22-24-11-4-3-5-12-24/h1,3-9,11-16,29-30H,10,17-23H2,(H,35,41)(H,36,40)(H,38,39). The van der Waals surface area contributed by atoms with Crippen LogP contribution in [0.4, 0.5) is 4.79 Å². The number of carboxylic acids is 1. The molecule has 216 valence electrons. The maximum atomic E-state index is 13.4. The Morgan fingerprint density at radius 3 is 2.14 bits per heavy atom. The van der Waals surface area contributed by atoms with Crippen molar-refractivity contribution >= 4 is 18.0 Å². The number of nitrogens with zero attached hydrogens (tertiary/aromatic N) is 1. The fraction of sp³-hybridized carbons (Fsp3) is 0.324. The molecule has 3 aromatic rings. The van der Waals surface area contributed by atoms with Crippen LogP contribution in [0.3, 0.4) is 0 Å². The molecule has 1 atom stereocenters. The van der Waals surface area contributed by atoms with Crippen molar-refractivity contribution in [3.8, 4) is 23.5 Å². The van der Waals surface area contributed by atoms with Gasteiger partial charge in [-0.25, -0.2) is 4.79 Å². The maximum Gasteiger partial charge on any atom is 0.407 e. The molecule has 0 aromatic heterocycles. The Kier molecular flexibility index (Phi) is 8.89.